The van der Waals surface area contributed by atoms with Crippen molar-refractivity contribution in [1.82, 2.24) is 14.5 Å². The van der Waals surface area contributed by atoms with E-state index in [1.165, 1.54) is 18.1 Å². The van der Waals surface area contributed by atoms with Crippen LogP contribution in [0, 0.1) is 5.82 Å². The number of rotatable bonds is 5. The number of aryl methyl sites for hydroxylation is 2. The lowest BCUT2D eigenvalue weighted by atomic mass is 10.0. The van der Waals surface area contributed by atoms with Crippen LogP contribution in [0.1, 0.15) is 36.5 Å². The fourth-order valence-electron chi connectivity index (χ4n) is 3.46. The van der Waals surface area contributed by atoms with E-state index in [1.54, 1.807) is 12.3 Å². The molecule has 1 aliphatic rings. The van der Waals surface area contributed by atoms with Crippen LogP contribution in [0.3, 0.4) is 0 Å². The first-order valence-corrected chi connectivity index (χ1v) is 8.41. The number of benzene rings is 1. The zero-order valence-electron chi connectivity index (χ0n) is 14.4. The molecule has 0 saturated heterocycles. The number of ether oxygens (including phenoxy) is 1. The van der Waals surface area contributed by atoms with Gasteiger partial charge in [-0.25, -0.2) is 14.2 Å². The Kier molecular flexibility index (Phi) is 4.92. The molecule has 1 amide bonds. The topological polar surface area (TPSA) is 67.6 Å². The molecule has 0 fully saturated rings. The van der Waals surface area contributed by atoms with Crippen molar-refractivity contribution >= 4 is 6.09 Å². The molecule has 1 atom stereocenters. The maximum Gasteiger partial charge on any atom is 0.407 e. The number of imidazole rings is 1. The average molecular weight is 347 g/mol. The highest BCUT2D eigenvalue weighted by Crippen LogP contribution is 2.31. The minimum Gasteiger partial charge on any atom is -0.494 e. The van der Waals surface area contributed by atoms with Crippen molar-refractivity contribution in [1.29, 1.82) is 0 Å². The van der Waals surface area contributed by atoms with Gasteiger partial charge >= 0.3 is 6.09 Å². The molecule has 1 aliphatic heterocycles. The van der Waals surface area contributed by atoms with E-state index in [-0.39, 0.29) is 11.8 Å². The number of hydrogen-bond donors (Lipinski definition) is 1. The summed E-state index contributed by atoms with van der Waals surface area (Å²) >= 11 is 0. The predicted molar refractivity (Wildman–Crippen MR) is 90.3 cm³/mol. The van der Waals surface area contributed by atoms with Gasteiger partial charge in [0.05, 0.1) is 25.0 Å². The molecule has 2 aromatic rings. The van der Waals surface area contributed by atoms with Crippen LogP contribution >= 0.6 is 0 Å². The maximum absolute atomic E-state index is 13.9. The third-order valence-electron chi connectivity index (χ3n) is 4.74. The van der Waals surface area contributed by atoms with Crippen molar-refractivity contribution in [3.8, 4) is 5.75 Å². The molecule has 3 rings (SSSR count). The van der Waals surface area contributed by atoms with Crippen LogP contribution in [-0.4, -0.2) is 39.3 Å². The zero-order valence-corrected chi connectivity index (χ0v) is 14.4. The van der Waals surface area contributed by atoms with Gasteiger partial charge in [0.1, 0.15) is 5.82 Å². The Bertz CT molecular complexity index is 775. The van der Waals surface area contributed by atoms with Gasteiger partial charge in [-0.05, 0) is 30.5 Å². The first kappa shape index (κ1) is 17.3. The van der Waals surface area contributed by atoms with Crippen LogP contribution in [0.5, 0.6) is 5.75 Å². The highest BCUT2D eigenvalue weighted by Gasteiger charge is 2.32. The second kappa shape index (κ2) is 7.13. The van der Waals surface area contributed by atoms with Crippen molar-refractivity contribution < 1.29 is 19.0 Å². The molecule has 1 aromatic carbocycles. The molecule has 0 saturated carbocycles. The first-order chi connectivity index (χ1) is 12.0. The van der Waals surface area contributed by atoms with E-state index >= 15 is 0 Å². The second-order valence-electron chi connectivity index (χ2n) is 6.10. The summed E-state index contributed by atoms with van der Waals surface area (Å²) in [6, 6.07) is 4.58. The SMILES string of the molecule is CCc1ncc2n1CCN(C(=O)O)C2CCc1ccc(OC)c(F)c1. The fourth-order valence-corrected chi connectivity index (χ4v) is 3.46. The molecule has 1 N–H and O–H groups in total. The van der Waals surface area contributed by atoms with E-state index in [0.29, 0.717) is 25.9 Å². The van der Waals surface area contributed by atoms with Crippen molar-refractivity contribution in [2.45, 2.75) is 38.8 Å². The maximum atomic E-state index is 13.9. The molecule has 0 radical (unpaired) electrons. The molecule has 6 nitrogen and oxygen atoms in total. The van der Waals surface area contributed by atoms with Crippen molar-refractivity contribution in [2.75, 3.05) is 13.7 Å². The lowest BCUT2D eigenvalue weighted by Crippen LogP contribution is -2.41. The molecule has 0 bridgehead atoms. The number of amides is 1. The summed E-state index contributed by atoms with van der Waals surface area (Å²) in [6.45, 7) is 3.10. The number of methoxy groups -OCH3 is 1. The molecule has 2 heterocycles. The van der Waals surface area contributed by atoms with Crippen molar-refractivity contribution in [3.63, 3.8) is 0 Å². The van der Waals surface area contributed by atoms with Gasteiger partial charge in [-0.2, -0.15) is 0 Å². The Morgan fingerprint density at radius 3 is 2.88 bits per heavy atom. The van der Waals surface area contributed by atoms with E-state index in [2.05, 4.69) is 9.55 Å². The summed E-state index contributed by atoms with van der Waals surface area (Å²) < 4.78 is 20.9. The number of halogens is 1. The van der Waals surface area contributed by atoms with Crippen LogP contribution in [-0.2, 0) is 19.4 Å². The zero-order chi connectivity index (χ0) is 18.0. The van der Waals surface area contributed by atoms with Crippen LogP contribution < -0.4 is 4.74 Å². The van der Waals surface area contributed by atoms with Crippen molar-refractivity contribution in [2.24, 2.45) is 0 Å². The number of aromatic nitrogens is 2. The summed E-state index contributed by atoms with van der Waals surface area (Å²) in [5.74, 6) is 0.775. The second-order valence-corrected chi connectivity index (χ2v) is 6.10. The Morgan fingerprint density at radius 1 is 1.44 bits per heavy atom. The molecule has 7 heteroatoms. The molecule has 134 valence electrons. The predicted octanol–water partition coefficient (Wildman–Crippen LogP) is 3.26. The first-order valence-electron chi connectivity index (χ1n) is 8.41. The fraction of sp³-hybridized carbons (Fsp3) is 0.444. The van der Waals surface area contributed by atoms with Gasteiger partial charge in [0.15, 0.2) is 11.6 Å². The number of hydrogen-bond acceptors (Lipinski definition) is 3. The summed E-state index contributed by atoms with van der Waals surface area (Å²) in [6.07, 6.45) is 2.79. The van der Waals surface area contributed by atoms with Gasteiger partial charge in [-0.15, -0.1) is 0 Å². The molecule has 0 aliphatic carbocycles. The van der Waals surface area contributed by atoms with Crippen LogP contribution in [0.2, 0.25) is 0 Å². The molecular formula is C18H22FN3O3. The number of nitrogens with zero attached hydrogens (tertiary/aromatic N) is 3. The van der Waals surface area contributed by atoms with Gasteiger partial charge in [-0.3, -0.25) is 4.90 Å². The number of carboxylic acid groups (broad SMARTS) is 1. The summed E-state index contributed by atoms with van der Waals surface area (Å²) in [4.78, 5) is 17.5. The third kappa shape index (κ3) is 3.31. The Balaban J connectivity index is 1.82. The normalized spacial score (nSPS) is 16.6. The highest BCUT2D eigenvalue weighted by molar-refractivity contribution is 5.66. The van der Waals surface area contributed by atoms with Gasteiger partial charge in [0, 0.05) is 19.5 Å². The van der Waals surface area contributed by atoms with Gasteiger partial charge in [0.2, 0.25) is 0 Å². The molecule has 25 heavy (non-hydrogen) atoms. The van der Waals surface area contributed by atoms with Crippen LogP contribution in [0.15, 0.2) is 24.4 Å². The lowest BCUT2D eigenvalue weighted by molar-refractivity contribution is 0.106. The van der Waals surface area contributed by atoms with Gasteiger partial charge in [-0.1, -0.05) is 13.0 Å². The Morgan fingerprint density at radius 2 is 2.24 bits per heavy atom. The summed E-state index contributed by atoms with van der Waals surface area (Å²) in [5.41, 5.74) is 1.73. The van der Waals surface area contributed by atoms with Crippen LogP contribution in [0.25, 0.3) is 0 Å². The highest BCUT2D eigenvalue weighted by atomic mass is 19.1. The molecule has 1 aromatic heterocycles. The van der Waals surface area contributed by atoms with Gasteiger partial charge in [0.25, 0.3) is 0 Å². The van der Waals surface area contributed by atoms with Crippen molar-refractivity contribution in [3.05, 3.63) is 47.3 Å². The molecular weight excluding hydrogens is 325 g/mol. The molecule has 1 unspecified atom stereocenters. The monoisotopic (exact) mass is 347 g/mol. The quantitative estimate of drug-likeness (QED) is 0.901. The average Bonchev–Trinajstić information content (AvgIpc) is 3.02. The Hall–Kier alpha value is -2.57. The lowest BCUT2D eigenvalue weighted by Gasteiger charge is -2.35. The van der Waals surface area contributed by atoms with E-state index < -0.39 is 11.9 Å². The number of carbonyl (C=O) groups is 1. The minimum absolute atomic E-state index is 0.208. The standard InChI is InChI=1S/C18H22FN3O3/c1-3-17-20-11-15-14(22(18(23)24)9-8-21(15)17)6-4-12-5-7-16(25-2)13(19)10-12/h5,7,10-11,14H,3-4,6,8-9H2,1-2H3,(H,23,24). The van der Waals surface area contributed by atoms with E-state index in [0.717, 1.165) is 23.5 Å². The van der Waals surface area contributed by atoms with E-state index in [9.17, 15) is 14.3 Å². The number of fused-ring (bicyclic) bond motifs is 1. The summed E-state index contributed by atoms with van der Waals surface area (Å²) in [5, 5.41) is 9.53. The van der Waals surface area contributed by atoms with Crippen LogP contribution in [0.4, 0.5) is 9.18 Å². The van der Waals surface area contributed by atoms with Gasteiger partial charge < -0.3 is 14.4 Å². The molecule has 0 spiro atoms. The van der Waals surface area contributed by atoms with E-state index in [1.807, 2.05) is 13.0 Å². The summed E-state index contributed by atoms with van der Waals surface area (Å²) in [7, 11) is 1.43. The smallest absolute Gasteiger partial charge is 0.407 e. The van der Waals surface area contributed by atoms with E-state index in [4.69, 9.17) is 4.74 Å². The Labute approximate surface area is 145 Å². The minimum atomic E-state index is -0.934. The largest absolute Gasteiger partial charge is 0.494 e. The third-order valence-corrected chi connectivity index (χ3v) is 4.74.